The molecule has 1 saturated heterocycles. The van der Waals surface area contributed by atoms with Crippen LogP contribution in [-0.2, 0) is 23.8 Å². The van der Waals surface area contributed by atoms with Gasteiger partial charge >= 0.3 is 0 Å². The second-order valence-corrected chi connectivity index (χ2v) is 8.88. The molecule has 9 nitrogen and oxygen atoms in total. The highest BCUT2D eigenvalue weighted by molar-refractivity contribution is 6.13. The maximum atomic E-state index is 13.5. The lowest BCUT2D eigenvalue weighted by atomic mass is 9.74. The molecule has 5 rings (SSSR count). The second kappa shape index (κ2) is 9.52. The maximum Gasteiger partial charge on any atom is 0.259 e. The standard InChI is InChI=1S/C26H28N4O5/c1-17-24(20-13-19(7-8-23(20)35-17)34-15-18-14-27-29-30(18)2)25(32)28-22-6-4-3-5-21(22)26(16-31)9-11-33-12-10-26/h3-8,13-14,31H,9-12,15-16H2,1-2H3,(H,28,32). The molecular weight excluding hydrogens is 448 g/mol. The molecule has 1 aliphatic heterocycles. The summed E-state index contributed by atoms with van der Waals surface area (Å²) < 4.78 is 19.0. The van der Waals surface area contributed by atoms with Gasteiger partial charge in [-0.25, -0.2) is 4.68 Å². The number of benzene rings is 2. The van der Waals surface area contributed by atoms with E-state index < -0.39 is 5.41 Å². The molecule has 0 saturated carbocycles. The van der Waals surface area contributed by atoms with Crippen molar-refractivity contribution >= 4 is 22.6 Å². The minimum Gasteiger partial charge on any atom is -0.487 e. The smallest absolute Gasteiger partial charge is 0.259 e. The second-order valence-electron chi connectivity index (χ2n) is 8.88. The lowest BCUT2D eigenvalue weighted by molar-refractivity contribution is 0.0256. The maximum absolute atomic E-state index is 13.5. The van der Waals surface area contributed by atoms with Crippen molar-refractivity contribution in [2.75, 3.05) is 25.1 Å². The van der Waals surface area contributed by atoms with E-state index in [-0.39, 0.29) is 12.5 Å². The number of aliphatic hydroxyl groups excluding tert-OH is 1. The zero-order valence-electron chi connectivity index (χ0n) is 19.8. The molecule has 0 spiro atoms. The highest BCUT2D eigenvalue weighted by Crippen LogP contribution is 2.39. The number of amides is 1. The number of aromatic nitrogens is 3. The summed E-state index contributed by atoms with van der Waals surface area (Å²) in [5.74, 6) is 0.850. The van der Waals surface area contributed by atoms with Crippen molar-refractivity contribution in [1.29, 1.82) is 0 Å². The van der Waals surface area contributed by atoms with E-state index in [2.05, 4.69) is 15.6 Å². The van der Waals surface area contributed by atoms with Gasteiger partial charge in [-0.1, -0.05) is 23.4 Å². The van der Waals surface area contributed by atoms with Crippen molar-refractivity contribution < 1.29 is 23.8 Å². The minimum atomic E-state index is -0.447. The fourth-order valence-electron chi connectivity index (χ4n) is 4.68. The van der Waals surface area contributed by atoms with Gasteiger partial charge in [-0.15, -0.1) is 5.10 Å². The summed E-state index contributed by atoms with van der Waals surface area (Å²) in [6.45, 7) is 3.21. The number of nitrogens with zero attached hydrogens (tertiary/aromatic N) is 3. The number of carbonyl (C=O) groups is 1. The molecule has 2 aromatic heterocycles. The molecule has 1 amide bonds. The van der Waals surface area contributed by atoms with Crippen LogP contribution in [0.1, 0.15) is 40.2 Å². The van der Waals surface area contributed by atoms with Gasteiger partial charge in [0, 0.05) is 36.8 Å². The van der Waals surface area contributed by atoms with Crippen molar-refractivity contribution in [3.8, 4) is 5.75 Å². The van der Waals surface area contributed by atoms with E-state index in [1.165, 1.54) is 0 Å². The summed E-state index contributed by atoms with van der Waals surface area (Å²) in [5, 5.41) is 21.8. The molecule has 3 heterocycles. The molecule has 2 aromatic carbocycles. The van der Waals surface area contributed by atoms with Crippen molar-refractivity contribution in [3.05, 3.63) is 71.2 Å². The first kappa shape index (κ1) is 23.1. The molecule has 4 aromatic rings. The van der Waals surface area contributed by atoms with Crippen molar-refractivity contribution in [3.63, 3.8) is 0 Å². The Bertz CT molecular complexity index is 1350. The van der Waals surface area contributed by atoms with Crippen LogP contribution in [0, 0.1) is 6.92 Å². The van der Waals surface area contributed by atoms with Gasteiger partial charge in [-0.05, 0) is 49.6 Å². The van der Waals surface area contributed by atoms with Crippen LogP contribution >= 0.6 is 0 Å². The average molecular weight is 477 g/mol. The molecule has 182 valence electrons. The number of aryl methyl sites for hydroxylation is 2. The first-order valence-electron chi connectivity index (χ1n) is 11.6. The summed E-state index contributed by atoms with van der Waals surface area (Å²) in [4.78, 5) is 13.5. The van der Waals surface area contributed by atoms with Crippen LogP contribution in [0.25, 0.3) is 11.0 Å². The number of furan rings is 1. The number of para-hydroxylation sites is 1. The number of hydrogen-bond donors (Lipinski definition) is 2. The molecule has 2 N–H and O–H groups in total. The van der Waals surface area contributed by atoms with E-state index in [1.807, 2.05) is 36.4 Å². The zero-order valence-corrected chi connectivity index (χ0v) is 19.8. The summed E-state index contributed by atoms with van der Waals surface area (Å²) in [7, 11) is 1.80. The monoisotopic (exact) mass is 476 g/mol. The topological polar surface area (TPSA) is 112 Å². The van der Waals surface area contributed by atoms with Crippen LogP contribution in [0.4, 0.5) is 5.69 Å². The largest absolute Gasteiger partial charge is 0.487 e. The van der Waals surface area contributed by atoms with Crippen LogP contribution in [0.5, 0.6) is 5.75 Å². The van der Waals surface area contributed by atoms with Gasteiger partial charge in [-0.2, -0.15) is 0 Å². The third-order valence-electron chi connectivity index (χ3n) is 6.76. The molecule has 0 radical (unpaired) electrons. The Morgan fingerprint density at radius 1 is 1.23 bits per heavy atom. The fraction of sp³-hybridized carbons (Fsp3) is 0.346. The quantitative estimate of drug-likeness (QED) is 0.418. The minimum absolute atomic E-state index is 0.0101. The van der Waals surface area contributed by atoms with Crippen molar-refractivity contribution in [1.82, 2.24) is 15.0 Å². The van der Waals surface area contributed by atoms with Crippen LogP contribution in [-0.4, -0.2) is 45.8 Å². The van der Waals surface area contributed by atoms with Crippen LogP contribution in [0.2, 0.25) is 0 Å². The summed E-state index contributed by atoms with van der Waals surface area (Å²) >= 11 is 0. The first-order chi connectivity index (χ1) is 17.0. The third-order valence-corrected chi connectivity index (χ3v) is 6.76. The zero-order chi connectivity index (χ0) is 24.4. The molecule has 9 heteroatoms. The predicted octanol–water partition coefficient (Wildman–Crippen LogP) is 3.74. The van der Waals surface area contributed by atoms with Gasteiger partial charge in [0.05, 0.1) is 24.1 Å². The number of rotatable bonds is 7. The Morgan fingerprint density at radius 2 is 2.03 bits per heavy atom. The van der Waals surface area contributed by atoms with E-state index in [9.17, 15) is 9.90 Å². The fourth-order valence-corrected chi connectivity index (χ4v) is 4.68. The number of anilines is 1. The predicted molar refractivity (Wildman–Crippen MR) is 129 cm³/mol. The Morgan fingerprint density at radius 3 is 2.77 bits per heavy atom. The Labute approximate surface area is 202 Å². The normalized spacial score (nSPS) is 15.3. The Kier molecular flexibility index (Phi) is 6.27. The van der Waals surface area contributed by atoms with Gasteiger partial charge in [0.25, 0.3) is 5.91 Å². The number of aliphatic hydroxyl groups is 1. The van der Waals surface area contributed by atoms with E-state index in [0.29, 0.717) is 66.4 Å². The molecule has 0 atom stereocenters. The highest BCUT2D eigenvalue weighted by atomic mass is 16.5. The summed E-state index contributed by atoms with van der Waals surface area (Å²) in [6, 6.07) is 13.1. The first-order valence-corrected chi connectivity index (χ1v) is 11.6. The van der Waals surface area contributed by atoms with Crippen molar-refractivity contribution in [2.45, 2.75) is 31.8 Å². The van der Waals surface area contributed by atoms with Gasteiger partial charge in [-0.3, -0.25) is 4.79 Å². The van der Waals surface area contributed by atoms with E-state index >= 15 is 0 Å². The lowest BCUT2D eigenvalue weighted by Gasteiger charge is -2.37. The molecule has 1 aliphatic rings. The highest BCUT2D eigenvalue weighted by Gasteiger charge is 2.36. The average Bonchev–Trinajstić information content (AvgIpc) is 3.44. The van der Waals surface area contributed by atoms with Crippen LogP contribution < -0.4 is 10.1 Å². The van der Waals surface area contributed by atoms with Gasteiger partial charge in [0.1, 0.15) is 23.7 Å². The SMILES string of the molecule is Cc1oc2ccc(OCc3cnnn3C)cc2c1C(=O)Nc1ccccc1C1(CO)CCOCC1. The van der Waals surface area contributed by atoms with Crippen LogP contribution in [0.15, 0.2) is 53.1 Å². The number of fused-ring (bicyclic) bond motifs is 1. The van der Waals surface area contributed by atoms with Gasteiger partial charge in [0.2, 0.25) is 0 Å². The lowest BCUT2D eigenvalue weighted by Crippen LogP contribution is -2.38. The van der Waals surface area contributed by atoms with Gasteiger partial charge < -0.3 is 24.3 Å². The molecular formula is C26H28N4O5. The third kappa shape index (κ3) is 4.40. The van der Waals surface area contributed by atoms with Gasteiger partial charge in [0.15, 0.2) is 0 Å². The molecule has 35 heavy (non-hydrogen) atoms. The summed E-state index contributed by atoms with van der Waals surface area (Å²) in [6.07, 6.45) is 3.03. The van der Waals surface area contributed by atoms with E-state index in [4.69, 9.17) is 13.9 Å². The van der Waals surface area contributed by atoms with Crippen molar-refractivity contribution in [2.24, 2.45) is 7.05 Å². The molecule has 0 unspecified atom stereocenters. The Balaban J connectivity index is 1.43. The molecule has 0 aliphatic carbocycles. The number of carbonyl (C=O) groups excluding carboxylic acids is 1. The van der Waals surface area contributed by atoms with Crippen LogP contribution in [0.3, 0.4) is 0 Å². The summed E-state index contributed by atoms with van der Waals surface area (Å²) in [5.41, 5.74) is 3.03. The number of hydrogen-bond acceptors (Lipinski definition) is 7. The van der Waals surface area contributed by atoms with E-state index in [1.54, 1.807) is 30.9 Å². The number of nitrogens with one attached hydrogen (secondary N) is 1. The molecule has 0 bridgehead atoms. The Hall–Kier alpha value is -3.69. The number of ether oxygens (including phenoxy) is 2. The molecule has 1 fully saturated rings. The van der Waals surface area contributed by atoms with E-state index in [0.717, 1.165) is 11.3 Å².